The van der Waals surface area contributed by atoms with E-state index in [9.17, 15) is 8.42 Å². The summed E-state index contributed by atoms with van der Waals surface area (Å²) in [5, 5.41) is 0. The number of nitrogens with one attached hydrogen (secondary N) is 2. The van der Waals surface area contributed by atoms with Gasteiger partial charge in [0.25, 0.3) is 0 Å². The molecule has 0 spiro atoms. The summed E-state index contributed by atoms with van der Waals surface area (Å²) in [6.45, 7) is 1.73. The number of rotatable bonds is 5. The molecule has 1 unspecified atom stereocenters. The van der Waals surface area contributed by atoms with Crippen LogP contribution in [0.25, 0.3) is 0 Å². The van der Waals surface area contributed by atoms with E-state index in [1.807, 2.05) is 0 Å². The predicted octanol–water partition coefficient (Wildman–Crippen LogP) is 0.802. The van der Waals surface area contributed by atoms with Crippen molar-refractivity contribution in [2.24, 2.45) is 5.84 Å². The van der Waals surface area contributed by atoms with Crippen LogP contribution >= 0.6 is 0 Å². The highest BCUT2D eigenvalue weighted by atomic mass is 32.2. The molecule has 0 aliphatic heterocycles. The minimum absolute atomic E-state index is 0.0688. The quantitative estimate of drug-likeness (QED) is 0.555. The lowest BCUT2D eigenvalue weighted by atomic mass is 10.2. The second-order valence-corrected chi connectivity index (χ2v) is 5.84. The van der Waals surface area contributed by atoms with Crippen molar-refractivity contribution in [3.8, 4) is 0 Å². The minimum atomic E-state index is -3.65. The SMILES string of the molecule is CC(NS(=O)(=O)c1ccc(NN)nc1)c1ccccn1. The van der Waals surface area contributed by atoms with E-state index >= 15 is 0 Å². The van der Waals surface area contributed by atoms with Gasteiger partial charge in [0.1, 0.15) is 10.7 Å². The molecular formula is C12H15N5O2S. The van der Waals surface area contributed by atoms with Crippen molar-refractivity contribution in [3.05, 3.63) is 48.4 Å². The van der Waals surface area contributed by atoms with Crippen LogP contribution < -0.4 is 16.0 Å². The summed E-state index contributed by atoms with van der Waals surface area (Å²) in [5.41, 5.74) is 2.98. The Balaban J connectivity index is 2.18. The van der Waals surface area contributed by atoms with Crippen LogP contribution in [0, 0.1) is 0 Å². The van der Waals surface area contributed by atoms with Gasteiger partial charge in [-0.1, -0.05) is 6.07 Å². The van der Waals surface area contributed by atoms with Crippen LogP contribution in [0.3, 0.4) is 0 Å². The standard InChI is InChI=1S/C12H15N5O2S/c1-9(11-4-2-3-7-14-11)17-20(18,19)10-5-6-12(16-13)15-8-10/h2-9,17H,13H2,1H3,(H,15,16). The normalized spacial score (nSPS) is 12.9. The van der Waals surface area contributed by atoms with Crippen LogP contribution in [0.4, 0.5) is 5.82 Å². The average molecular weight is 293 g/mol. The molecule has 0 aliphatic rings. The van der Waals surface area contributed by atoms with E-state index in [4.69, 9.17) is 5.84 Å². The van der Waals surface area contributed by atoms with Crippen molar-refractivity contribution in [2.45, 2.75) is 17.9 Å². The van der Waals surface area contributed by atoms with E-state index in [0.29, 0.717) is 11.5 Å². The number of hydrogen-bond acceptors (Lipinski definition) is 6. The molecule has 1 atom stereocenters. The fraction of sp³-hybridized carbons (Fsp3) is 0.167. The first-order valence-electron chi connectivity index (χ1n) is 5.89. The Hall–Kier alpha value is -2.03. The maximum absolute atomic E-state index is 12.2. The number of nitrogen functional groups attached to an aromatic ring is 1. The fourth-order valence-electron chi connectivity index (χ4n) is 1.62. The molecule has 7 nitrogen and oxygen atoms in total. The van der Waals surface area contributed by atoms with Gasteiger partial charge >= 0.3 is 0 Å². The molecule has 8 heteroatoms. The van der Waals surface area contributed by atoms with E-state index < -0.39 is 16.1 Å². The van der Waals surface area contributed by atoms with Crippen LogP contribution in [0.5, 0.6) is 0 Å². The molecule has 2 rings (SSSR count). The molecule has 0 amide bonds. The third-order valence-electron chi connectivity index (χ3n) is 2.66. The average Bonchev–Trinajstić information content (AvgIpc) is 2.48. The Morgan fingerprint density at radius 3 is 2.55 bits per heavy atom. The second-order valence-electron chi connectivity index (χ2n) is 4.12. The highest BCUT2D eigenvalue weighted by Crippen LogP contribution is 2.15. The van der Waals surface area contributed by atoms with Crippen molar-refractivity contribution in [1.82, 2.24) is 14.7 Å². The topological polar surface area (TPSA) is 110 Å². The van der Waals surface area contributed by atoms with Crippen molar-refractivity contribution < 1.29 is 8.42 Å². The first-order valence-corrected chi connectivity index (χ1v) is 7.37. The summed E-state index contributed by atoms with van der Waals surface area (Å²) in [6, 6.07) is 7.81. The minimum Gasteiger partial charge on any atom is -0.308 e. The molecule has 0 bridgehead atoms. The Kier molecular flexibility index (Phi) is 4.28. The molecule has 0 aliphatic carbocycles. The molecule has 0 saturated heterocycles. The monoisotopic (exact) mass is 293 g/mol. The molecule has 0 fully saturated rings. The lowest BCUT2D eigenvalue weighted by Gasteiger charge is -2.13. The van der Waals surface area contributed by atoms with Crippen molar-refractivity contribution >= 4 is 15.8 Å². The summed E-state index contributed by atoms with van der Waals surface area (Å²) in [6.07, 6.45) is 2.85. The number of pyridine rings is 2. The van der Waals surface area contributed by atoms with Gasteiger partial charge in [0.05, 0.1) is 11.7 Å². The van der Waals surface area contributed by atoms with Gasteiger partial charge in [-0.25, -0.2) is 24.0 Å². The maximum atomic E-state index is 12.2. The van der Waals surface area contributed by atoms with Gasteiger partial charge < -0.3 is 5.43 Å². The van der Waals surface area contributed by atoms with Gasteiger partial charge in [0, 0.05) is 12.4 Å². The number of hydrogen-bond donors (Lipinski definition) is 3. The van der Waals surface area contributed by atoms with Crippen LogP contribution in [-0.2, 0) is 10.0 Å². The molecular weight excluding hydrogens is 278 g/mol. The zero-order chi connectivity index (χ0) is 14.6. The highest BCUT2D eigenvalue weighted by molar-refractivity contribution is 7.89. The molecule has 20 heavy (non-hydrogen) atoms. The van der Waals surface area contributed by atoms with Gasteiger partial charge in [-0.15, -0.1) is 0 Å². The maximum Gasteiger partial charge on any atom is 0.242 e. The zero-order valence-corrected chi connectivity index (χ0v) is 11.6. The second kappa shape index (κ2) is 5.95. The van der Waals surface area contributed by atoms with Crippen LogP contribution in [0.2, 0.25) is 0 Å². The molecule has 2 aromatic rings. The van der Waals surface area contributed by atoms with Crippen LogP contribution in [-0.4, -0.2) is 18.4 Å². The van der Waals surface area contributed by atoms with Gasteiger partial charge in [-0.3, -0.25) is 4.98 Å². The van der Waals surface area contributed by atoms with Crippen molar-refractivity contribution in [1.29, 1.82) is 0 Å². The summed E-state index contributed by atoms with van der Waals surface area (Å²) >= 11 is 0. The number of aromatic nitrogens is 2. The van der Waals surface area contributed by atoms with E-state index in [1.54, 1.807) is 31.3 Å². The molecule has 0 aromatic carbocycles. The Labute approximate surface area is 117 Å². The zero-order valence-electron chi connectivity index (χ0n) is 10.8. The smallest absolute Gasteiger partial charge is 0.242 e. The Bertz CT molecular complexity index is 658. The summed E-state index contributed by atoms with van der Waals surface area (Å²) in [4.78, 5) is 8.06. The van der Waals surface area contributed by atoms with Gasteiger partial charge in [-0.2, -0.15) is 0 Å². The Morgan fingerprint density at radius 1 is 1.20 bits per heavy atom. The van der Waals surface area contributed by atoms with Crippen LogP contribution in [0.1, 0.15) is 18.7 Å². The Morgan fingerprint density at radius 2 is 2.00 bits per heavy atom. The van der Waals surface area contributed by atoms with E-state index in [1.165, 1.54) is 18.3 Å². The molecule has 4 N–H and O–H groups in total. The van der Waals surface area contributed by atoms with E-state index in [0.717, 1.165) is 0 Å². The molecule has 0 radical (unpaired) electrons. The van der Waals surface area contributed by atoms with Gasteiger partial charge in [0.15, 0.2) is 0 Å². The predicted molar refractivity (Wildman–Crippen MR) is 75.0 cm³/mol. The summed E-state index contributed by atoms with van der Waals surface area (Å²) in [5.74, 6) is 5.57. The van der Waals surface area contributed by atoms with Crippen molar-refractivity contribution in [2.75, 3.05) is 5.43 Å². The molecule has 0 saturated carbocycles. The number of sulfonamides is 1. The lowest BCUT2D eigenvalue weighted by Crippen LogP contribution is -2.27. The largest absolute Gasteiger partial charge is 0.308 e. The summed E-state index contributed by atoms with van der Waals surface area (Å²) in [7, 11) is -3.65. The van der Waals surface area contributed by atoms with Gasteiger partial charge in [-0.05, 0) is 31.2 Å². The first kappa shape index (κ1) is 14.4. The fourth-order valence-corrected chi connectivity index (χ4v) is 2.78. The van der Waals surface area contributed by atoms with Crippen LogP contribution in [0.15, 0.2) is 47.6 Å². The van der Waals surface area contributed by atoms with Crippen molar-refractivity contribution in [3.63, 3.8) is 0 Å². The highest BCUT2D eigenvalue weighted by Gasteiger charge is 2.19. The summed E-state index contributed by atoms with van der Waals surface area (Å²) < 4.78 is 26.9. The molecule has 2 aromatic heterocycles. The first-order chi connectivity index (χ1) is 9.53. The molecule has 106 valence electrons. The number of hydrazine groups is 1. The number of nitrogens with two attached hydrogens (primary N) is 1. The molecule has 2 heterocycles. The van der Waals surface area contributed by atoms with Gasteiger partial charge in [0.2, 0.25) is 10.0 Å². The van der Waals surface area contributed by atoms with E-state index in [-0.39, 0.29) is 4.90 Å². The lowest BCUT2D eigenvalue weighted by molar-refractivity contribution is 0.563. The third-order valence-corrected chi connectivity index (χ3v) is 4.18. The number of anilines is 1. The van der Waals surface area contributed by atoms with E-state index in [2.05, 4.69) is 20.1 Å². The number of nitrogens with zero attached hydrogens (tertiary/aromatic N) is 2. The third kappa shape index (κ3) is 3.29.